The van der Waals surface area contributed by atoms with E-state index in [1.165, 1.54) is 13.2 Å². The molecule has 0 bridgehead atoms. The maximum absolute atomic E-state index is 12.7. The highest BCUT2D eigenvalue weighted by molar-refractivity contribution is 6.33. The molecule has 0 aromatic heterocycles. The van der Waals surface area contributed by atoms with E-state index in [0.717, 1.165) is 0 Å². The van der Waals surface area contributed by atoms with Gasteiger partial charge in [-0.3, -0.25) is 9.59 Å². The summed E-state index contributed by atoms with van der Waals surface area (Å²) in [5.74, 6) is 0.346. The van der Waals surface area contributed by atoms with Crippen LogP contribution in [0.25, 0.3) is 0 Å². The number of likely N-dealkylation sites (tertiary alicyclic amines) is 1. The van der Waals surface area contributed by atoms with Gasteiger partial charge in [0.2, 0.25) is 5.91 Å². The van der Waals surface area contributed by atoms with E-state index in [9.17, 15) is 9.59 Å². The van der Waals surface area contributed by atoms with E-state index in [1.807, 2.05) is 0 Å². The monoisotopic (exact) mass is 375 g/mol. The number of carbonyl (C=O) groups excluding carboxylic acids is 2. The fourth-order valence-electron chi connectivity index (χ4n) is 2.77. The number of nitrogens with zero attached hydrogens (tertiary/aromatic N) is 2. The molecule has 1 saturated heterocycles. The van der Waals surface area contributed by atoms with Crippen molar-refractivity contribution in [1.82, 2.24) is 9.80 Å². The molecule has 1 aromatic rings. The van der Waals surface area contributed by atoms with Gasteiger partial charge in [-0.15, -0.1) is 12.4 Å². The minimum Gasteiger partial charge on any atom is -0.496 e. The van der Waals surface area contributed by atoms with Crippen LogP contribution in [0.2, 0.25) is 5.02 Å². The summed E-state index contributed by atoms with van der Waals surface area (Å²) in [6.45, 7) is 1.07. The highest BCUT2D eigenvalue weighted by atomic mass is 35.5. The van der Waals surface area contributed by atoms with E-state index in [2.05, 4.69) is 0 Å². The van der Waals surface area contributed by atoms with E-state index in [1.54, 1.807) is 30.0 Å². The molecular weight excluding hydrogens is 353 g/mol. The van der Waals surface area contributed by atoms with Gasteiger partial charge in [0, 0.05) is 39.2 Å². The van der Waals surface area contributed by atoms with Crippen molar-refractivity contribution in [2.24, 2.45) is 5.92 Å². The summed E-state index contributed by atoms with van der Waals surface area (Å²) >= 11 is 6.02. The van der Waals surface area contributed by atoms with Crippen LogP contribution in [0.5, 0.6) is 5.75 Å². The fraction of sp³-hybridized carbons (Fsp3) is 0.500. The minimum atomic E-state index is -0.153. The second-order valence-electron chi connectivity index (χ2n) is 5.87. The van der Waals surface area contributed by atoms with E-state index in [4.69, 9.17) is 22.1 Å². The molecule has 2 N–H and O–H groups in total. The molecule has 0 spiro atoms. The number of ether oxygens (including phenoxy) is 1. The Morgan fingerprint density at radius 3 is 2.38 bits per heavy atom. The Kier molecular flexibility index (Phi) is 7.17. The van der Waals surface area contributed by atoms with E-state index < -0.39 is 0 Å². The SMILES string of the molecule is COc1cc(N)c(Cl)cc1C(=O)N1CCC(C(=O)N(C)C)CC1.Cl. The molecule has 2 rings (SSSR count). The van der Waals surface area contributed by atoms with Crippen molar-refractivity contribution in [1.29, 1.82) is 0 Å². The number of halogens is 2. The van der Waals surface area contributed by atoms with Crippen LogP contribution in [0.4, 0.5) is 5.69 Å². The van der Waals surface area contributed by atoms with Crippen LogP contribution in [0.3, 0.4) is 0 Å². The number of piperidine rings is 1. The fourth-order valence-corrected chi connectivity index (χ4v) is 2.93. The lowest BCUT2D eigenvalue weighted by Crippen LogP contribution is -2.42. The van der Waals surface area contributed by atoms with Crippen molar-refractivity contribution in [3.8, 4) is 5.75 Å². The molecule has 2 amide bonds. The highest BCUT2D eigenvalue weighted by Crippen LogP contribution is 2.31. The maximum atomic E-state index is 12.7. The van der Waals surface area contributed by atoms with Gasteiger partial charge in [-0.2, -0.15) is 0 Å². The average molecular weight is 376 g/mol. The van der Waals surface area contributed by atoms with Crippen LogP contribution in [0, 0.1) is 5.92 Å². The van der Waals surface area contributed by atoms with Crippen LogP contribution in [-0.2, 0) is 4.79 Å². The Bertz CT molecular complexity index is 615. The van der Waals surface area contributed by atoms with Crippen LogP contribution in [0.15, 0.2) is 12.1 Å². The Hall–Kier alpha value is -1.66. The molecule has 6 nitrogen and oxygen atoms in total. The lowest BCUT2D eigenvalue weighted by Gasteiger charge is -2.32. The standard InChI is InChI=1S/C16H22ClN3O3.ClH/c1-19(2)15(21)10-4-6-20(7-5-10)16(22)11-8-12(17)13(18)9-14(11)23-3;/h8-10H,4-7,18H2,1-3H3;1H. The molecule has 0 radical (unpaired) electrons. The summed E-state index contributed by atoms with van der Waals surface area (Å²) < 4.78 is 5.24. The van der Waals surface area contributed by atoms with Crippen LogP contribution >= 0.6 is 24.0 Å². The van der Waals surface area contributed by atoms with Crippen molar-refractivity contribution in [3.05, 3.63) is 22.7 Å². The molecule has 134 valence electrons. The third kappa shape index (κ3) is 4.24. The van der Waals surface area contributed by atoms with E-state index in [-0.39, 0.29) is 30.1 Å². The number of nitrogen functional groups attached to an aromatic ring is 1. The van der Waals surface area contributed by atoms with Crippen LogP contribution in [0.1, 0.15) is 23.2 Å². The number of rotatable bonds is 3. The highest BCUT2D eigenvalue weighted by Gasteiger charge is 2.29. The first-order valence-electron chi connectivity index (χ1n) is 7.48. The van der Waals surface area contributed by atoms with Gasteiger partial charge in [0.25, 0.3) is 5.91 Å². The zero-order valence-electron chi connectivity index (χ0n) is 14.0. The normalized spacial score (nSPS) is 14.8. The third-order valence-electron chi connectivity index (χ3n) is 4.12. The lowest BCUT2D eigenvalue weighted by atomic mass is 9.95. The second kappa shape index (κ2) is 8.44. The molecule has 1 fully saturated rings. The molecule has 0 atom stereocenters. The first-order chi connectivity index (χ1) is 10.8. The van der Waals surface area contributed by atoms with Gasteiger partial charge in [0.1, 0.15) is 5.75 Å². The zero-order chi connectivity index (χ0) is 17.1. The van der Waals surface area contributed by atoms with Crippen LogP contribution < -0.4 is 10.5 Å². The average Bonchev–Trinajstić information content (AvgIpc) is 2.55. The molecule has 1 aliphatic heterocycles. The predicted octanol–water partition coefficient (Wildman–Crippen LogP) is 2.29. The third-order valence-corrected chi connectivity index (χ3v) is 4.45. The molecule has 0 saturated carbocycles. The summed E-state index contributed by atoms with van der Waals surface area (Å²) in [4.78, 5) is 28.0. The van der Waals surface area contributed by atoms with Gasteiger partial charge >= 0.3 is 0 Å². The summed E-state index contributed by atoms with van der Waals surface area (Å²) in [6, 6.07) is 3.09. The molecule has 0 aliphatic carbocycles. The number of anilines is 1. The summed E-state index contributed by atoms with van der Waals surface area (Å²) in [5, 5.41) is 0.326. The van der Waals surface area contributed by atoms with Crippen molar-refractivity contribution in [2.75, 3.05) is 40.0 Å². The summed E-state index contributed by atoms with van der Waals surface area (Å²) in [6.07, 6.45) is 1.32. The number of hydrogen-bond acceptors (Lipinski definition) is 4. The Morgan fingerprint density at radius 2 is 1.88 bits per heavy atom. The zero-order valence-corrected chi connectivity index (χ0v) is 15.6. The van der Waals surface area contributed by atoms with Gasteiger partial charge in [-0.1, -0.05) is 11.6 Å². The van der Waals surface area contributed by atoms with Gasteiger partial charge in [-0.05, 0) is 18.9 Å². The number of nitrogens with two attached hydrogens (primary N) is 1. The molecular formula is C16H23Cl2N3O3. The molecule has 1 heterocycles. The number of benzene rings is 1. The molecule has 1 aliphatic rings. The number of amides is 2. The Balaban J connectivity index is 0.00000288. The van der Waals surface area contributed by atoms with Crippen molar-refractivity contribution < 1.29 is 14.3 Å². The number of hydrogen-bond donors (Lipinski definition) is 1. The van der Waals surface area contributed by atoms with E-state index >= 15 is 0 Å². The second-order valence-corrected chi connectivity index (χ2v) is 6.28. The minimum absolute atomic E-state index is 0. The number of methoxy groups -OCH3 is 1. The summed E-state index contributed by atoms with van der Waals surface area (Å²) in [5.41, 5.74) is 6.51. The largest absolute Gasteiger partial charge is 0.496 e. The van der Waals surface area contributed by atoms with Crippen molar-refractivity contribution >= 4 is 41.5 Å². The van der Waals surface area contributed by atoms with Gasteiger partial charge in [-0.25, -0.2) is 0 Å². The predicted molar refractivity (Wildman–Crippen MR) is 97.0 cm³/mol. The number of carbonyl (C=O) groups is 2. The summed E-state index contributed by atoms with van der Waals surface area (Å²) in [7, 11) is 4.99. The van der Waals surface area contributed by atoms with Gasteiger partial charge in [0.05, 0.1) is 23.4 Å². The molecule has 1 aromatic carbocycles. The lowest BCUT2D eigenvalue weighted by molar-refractivity contribution is -0.134. The Labute approximate surface area is 153 Å². The first kappa shape index (κ1) is 20.4. The quantitative estimate of drug-likeness (QED) is 0.822. The smallest absolute Gasteiger partial charge is 0.257 e. The molecule has 8 heteroatoms. The first-order valence-corrected chi connectivity index (χ1v) is 7.86. The van der Waals surface area contributed by atoms with E-state index in [0.29, 0.717) is 48.0 Å². The maximum Gasteiger partial charge on any atom is 0.257 e. The van der Waals surface area contributed by atoms with Crippen molar-refractivity contribution in [3.63, 3.8) is 0 Å². The van der Waals surface area contributed by atoms with Gasteiger partial charge < -0.3 is 20.3 Å². The van der Waals surface area contributed by atoms with Crippen LogP contribution in [-0.4, -0.2) is 55.9 Å². The van der Waals surface area contributed by atoms with Crippen molar-refractivity contribution in [2.45, 2.75) is 12.8 Å². The Morgan fingerprint density at radius 1 is 1.29 bits per heavy atom. The topological polar surface area (TPSA) is 75.9 Å². The molecule has 0 unspecified atom stereocenters. The molecule has 24 heavy (non-hydrogen) atoms. The van der Waals surface area contributed by atoms with Gasteiger partial charge in [0.15, 0.2) is 0 Å².